The molecule has 5 heteroatoms. The number of ether oxygens (including phenoxy) is 1. The van der Waals surface area contributed by atoms with E-state index in [0.717, 1.165) is 11.3 Å². The number of fused-ring (bicyclic) bond motifs is 1. The second-order valence-electron chi connectivity index (χ2n) is 5.39. The van der Waals surface area contributed by atoms with Crippen molar-refractivity contribution in [1.82, 2.24) is 14.2 Å². The van der Waals surface area contributed by atoms with Crippen molar-refractivity contribution in [2.45, 2.75) is 6.54 Å². The fourth-order valence-electron chi connectivity index (χ4n) is 2.58. The van der Waals surface area contributed by atoms with Crippen molar-refractivity contribution < 1.29 is 4.74 Å². The van der Waals surface area contributed by atoms with E-state index in [1.54, 1.807) is 6.20 Å². The van der Waals surface area contributed by atoms with E-state index in [1.165, 1.54) is 9.08 Å². The van der Waals surface area contributed by atoms with E-state index < -0.39 is 0 Å². The highest BCUT2D eigenvalue weighted by molar-refractivity contribution is 5.39. The maximum absolute atomic E-state index is 12.4. The summed E-state index contributed by atoms with van der Waals surface area (Å²) in [6, 6.07) is 22.7. The Morgan fingerprint density at radius 2 is 1.62 bits per heavy atom. The number of para-hydroxylation sites is 2. The number of rotatable bonds is 4. The summed E-state index contributed by atoms with van der Waals surface area (Å²) in [5, 5.41) is 4.37. The fourth-order valence-corrected chi connectivity index (χ4v) is 2.58. The van der Waals surface area contributed by atoms with E-state index in [9.17, 15) is 4.79 Å². The lowest BCUT2D eigenvalue weighted by Gasteiger charge is -2.10. The largest absolute Gasteiger partial charge is 0.457 e. The van der Waals surface area contributed by atoms with Crippen LogP contribution in [0.3, 0.4) is 0 Å². The van der Waals surface area contributed by atoms with Crippen LogP contribution < -0.4 is 10.4 Å². The molecule has 0 saturated heterocycles. The van der Waals surface area contributed by atoms with E-state index in [4.69, 9.17) is 4.74 Å². The van der Waals surface area contributed by atoms with Gasteiger partial charge in [-0.05, 0) is 30.3 Å². The Morgan fingerprint density at radius 1 is 0.875 bits per heavy atom. The molecule has 2 heterocycles. The molecule has 0 amide bonds. The van der Waals surface area contributed by atoms with Gasteiger partial charge >= 0.3 is 5.69 Å². The standard InChI is InChI=1S/C19H15N3O2/c23-19-21-13-7-6-12-18(21)20-22(19)14-15-8-4-5-11-17(15)24-16-9-2-1-3-10-16/h1-13H,14H2. The molecule has 2 aromatic heterocycles. The van der Waals surface area contributed by atoms with Gasteiger partial charge in [-0.3, -0.25) is 4.40 Å². The second-order valence-corrected chi connectivity index (χ2v) is 5.39. The van der Waals surface area contributed by atoms with Gasteiger partial charge in [0.25, 0.3) is 0 Å². The first-order chi connectivity index (χ1) is 11.8. The maximum Gasteiger partial charge on any atom is 0.350 e. The van der Waals surface area contributed by atoms with Crippen LogP contribution in [0.1, 0.15) is 5.56 Å². The van der Waals surface area contributed by atoms with Crippen LogP contribution in [0.5, 0.6) is 11.5 Å². The quantitative estimate of drug-likeness (QED) is 0.580. The Hall–Kier alpha value is -3.34. The topological polar surface area (TPSA) is 48.5 Å². The molecule has 0 radical (unpaired) electrons. The highest BCUT2D eigenvalue weighted by Gasteiger charge is 2.10. The van der Waals surface area contributed by atoms with Crippen molar-refractivity contribution in [2.75, 3.05) is 0 Å². The van der Waals surface area contributed by atoms with Gasteiger partial charge < -0.3 is 4.74 Å². The molecular weight excluding hydrogens is 302 g/mol. The van der Waals surface area contributed by atoms with E-state index >= 15 is 0 Å². The molecule has 0 aliphatic rings. The van der Waals surface area contributed by atoms with Crippen molar-refractivity contribution in [1.29, 1.82) is 0 Å². The highest BCUT2D eigenvalue weighted by atomic mass is 16.5. The molecule has 0 atom stereocenters. The number of benzene rings is 2. The van der Waals surface area contributed by atoms with Crippen LogP contribution in [0.2, 0.25) is 0 Å². The van der Waals surface area contributed by atoms with Crippen molar-refractivity contribution in [3.63, 3.8) is 0 Å². The van der Waals surface area contributed by atoms with Crippen molar-refractivity contribution in [2.24, 2.45) is 0 Å². The number of pyridine rings is 1. The van der Waals surface area contributed by atoms with Crippen molar-refractivity contribution in [3.05, 3.63) is 95.0 Å². The fraction of sp³-hybridized carbons (Fsp3) is 0.0526. The van der Waals surface area contributed by atoms with Crippen LogP contribution >= 0.6 is 0 Å². The van der Waals surface area contributed by atoms with Crippen LogP contribution in [0.25, 0.3) is 5.65 Å². The Morgan fingerprint density at radius 3 is 2.46 bits per heavy atom. The van der Waals surface area contributed by atoms with E-state index in [-0.39, 0.29) is 5.69 Å². The molecule has 118 valence electrons. The lowest BCUT2D eigenvalue weighted by Crippen LogP contribution is -2.21. The molecule has 0 saturated carbocycles. The molecule has 4 aromatic rings. The average Bonchev–Trinajstić information content (AvgIpc) is 2.94. The van der Waals surface area contributed by atoms with Gasteiger partial charge in [-0.15, -0.1) is 5.10 Å². The van der Waals surface area contributed by atoms with Gasteiger partial charge in [0.15, 0.2) is 5.65 Å². The van der Waals surface area contributed by atoms with Gasteiger partial charge in [0.05, 0.1) is 6.54 Å². The Balaban J connectivity index is 1.69. The number of nitrogens with zero attached hydrogens (tertiary/aromatic N) is 3. The molecule has 24 heavy (non-hydrogen) atoms. The van der Waals surface area contributed by atoms with E-state index in [2.05, 4.69) is 5.10 Å². The van der Waals surface area contributed by atoms with E-state index in [0.29, 0.717) is 17.9 Å². The minimum absolute atomic E-state index is 0.167. The van der Waals surface area contributed by atoms with Crippen LogP contribution in [-0.4, -0.2) is 14.2 Å². The number of aromatic nitrogens is 3. The van der Waals surface area contributed by atoms with Gasteiger partial charge in [-0.25, -0.2) is 9.48 Å². The third-order valence-electron chi connectivity index (χ3n) is 3.75. The molecule has 0 N–H and O–H groups in total. The zero-order valence-corrected chi connectivity index (χ0v) is 12.9. The molecule has 0 aliphatic heterocycles. The Kier molecular flexibility index (Phi) is 3.59. The molecule has 0 spiro atoms. The molecular formula is C19H15N3O2. The number of hydrogen-bond acceptors (Lipinski definition) is 3. The smallest absolute Gasteiger partial charge is 0.350 e. The minimum atomic E-state index is -0.167. The molecule has 5 nitrogen and oxygen atoms in total. The van der Waals surface area contributed by atoms with Gasteiger partial charge in [-0.2, -0.15) is 0 Å². The van der Waals surface area contributed by atoms with Gasteiger partial charge in [-0.1, -0.05) is 42.5 Å². The molecule has 0 bridgehead atoms. The lowest BCUT2D eigenvalue weighted by atomic mass is 10.2. The lowest BCUT2D eigenvalue weighted by molar-refractivity contribution is 0.471. The molecule has 0 unspecified atom stereocenters. The monoisotopic (exact) mass is 317 g/mol. The summed E-state index contributed by atoms with van der Waals surface area (Å²) in [5.74, 6) is 1.47. The summed E-state index contributed by atoms with van der Waals surface area (Å²) >= 11 is 0. The Bertz CT molecular complexity index is 1040. The second kappa shape index (κ2) is 6.04. The van der Waals surface area contributed by atoms with Crippen molar-refractivity contribution >= 4 is 5.65 Å². The van der Waals surface area contributed by atoms with E-state index in [1.807, 2.05) is 72.8 Å². The zero-order chi connectivity index (χ0) is 16.4. The summed E-state index contributed by atoms with van der Waals surface area (Å²) in [6.07, 6.45) is 1.72. The molecule has 0 aliphatic carbocycles. The first-order valence-electron chi connectivity index (χ1n) is 7.66. The SMILES string of the molecule is O=c1n(Cc2ccccc2Oc2ccccc2)nc2ccccn12. The maximum atomic E-state index is 12.4. The predicted octanol–water partition coefficient (Wildman–Crippen LogP) is 3.34. The highest BCUT2D eigenvalue weighted by Crippen LogP contribution is 2.25. The van der Waals surface area contributed by atoms with Crippen LogP contribution in [-0.2, 0) is 6.54 Å². The van der Waals surface area contributed by atoms with Gasteiger partial charge in [0.1, 0.15) is 11.5 Å². The normalized spacial score (nSPS) is 10.8. The summed E-state index contributed by atoms with van der Waals surface area (Å²) in [7, 11) is 0. The summed E-state index contributed by atoms with van der Waals surface area (Å²) in [4.78, 5) is 12.4. The number of hydrogen-bond donors (Lipinski definition) is 0. The summed E-state index contributed by atoms with van der Waals surface area (Å²) < 4.78 is 8.92. The third kappa shape index (κ3) is 2.67. The van der Waals surface area contributed by atoms with Crippen LogP contribution in [0.4, 0.5) is 0 Å². The summed E-state index contributed by atoms with van der Waals surface area (Å²) in [5.41, 5.74) is 1.36. The van der Waals surface area contributed by atoms with Crippen LogP contribution in [0.15, 0.2) is 83.8 Å². The van der Waals surface area contributed by atoms with Gasteiger partial charge in [0.2, 0.25) is 0 Å². The zero-order valence-electron chi connectivity index (χ0n) is 12.9. The average molecular weight is 317 g/mol. The molecule has 0 fully saturated rings. The first-order valence-corrected chi connectivity index (χ1v) is 7.66. The minimum Gasteiger partial charge on any atom is -0.457 e. The van der Waals surface area contributed by atoms with Crippen LogP contribution in [0, 0.1) is 0 Å². The molecule has 4 rings (SSSR count). The third-order valence-corrected chi connectivity index (χ3v) is 3.75. The first kappa shape index (κ1) is 14.3. The summed E-state index contributed by atoms with van der Waals surface area (Å²) in [6.45, 7) is 0.351. The Labute approximate surface area is 138 Å². The van der Waals surface area contributed by atoms with Crippen molar-refractivity contribution in [3.8, 4) is 11.5 Å². The van der Waals surface area contributed by atoms with Gasteiger partial charge in [0, 0.05) is 11.8 Å². The predicted molar refractivity (Wildman–Crippen MR) is 91.5 cm³/mol. The molecule has 2 aromatic carbocycles.